The zero-order chi connectivity index (χ0) is 17.2. The van der Waals surface area contributed by atoms with Gasteiger partial charge < -0.3 is 14.8 Å². The minimum Gasteiger partial charge on any atom is -0.494 e. The third-order valence-corrected chi connectivity index (χ3v) is 4.10. The number of thiophene rings is 1. The molecule has 0 aliphatic heterocycles. The summed E-state index contributed by atoms with van der Waals surface area (Å²) < 4.78 is 10.5. The first-order valence-electron chi connectivity index (χ1n) is 7.77. The van der Waals surface area contributed by atoms with Gasteiger partial charge in [-0.05, 0) is 36.9 Å². The second-order valence-electron chi connectivity index (χ2n) is 5.28. The molecule has 0 spiro atoms. The predicted molar refractivity (Wildman–Crippen MR) is 93.0 cm³/mol. The molecule has 0 atom stereocenters. The smallest absolute Gasteiger partial charge is 0.306 e. The van der Waals surface area contributed by atoms with Crippen molar-refractivity contribution in [2.45, 2.75) is 26.3 Å². The van der Waals surface area contributed by atoms with Gasteiger partial charge in [-0.1, -0.05) is 23.8 Å². The van der Waals surface area contributed by atoms with Gasteiger partial charge in [0.1, 0.15) is 5.75 Å². The summed E-state index contributed by atoms with van der Waals surface area (Å²) in [7, 11) is 0. The molecule has 2 rings (SSSR count). The number of hydrogen-bond acceptors (Lipinski definition) is 5. The van der Waals surface area contributed by atoms with Crippen molar-refractivity contribution < 1.29 is 19.1 Å². The van der Waals surface area contributed by atoms with Gasteiger partial charge in [0.05, 0.1) is 13.2 Å². The van der Waals surface area contributed by atoms with Crippen LogP contribution >= 0.6 is 11.3 Å². The molecule has 0 aliphatic carbocycles. The Morgan fingerprint density at radius 3 is 2.67 bits per heavy atom. The molecule has 24 heavy (non-hydrogen) atoms. The summed E-state index contributed by atoms with van der Waals surface area (Å²) in [5.74, 6) is 0.0864. The van der Waals surface area contributed by atoms with Crippen LogP contribution in [-0.2, 0) is 20.9 Å². The molecule has 1 N–H and O–H groups in total. The minimum atomic E-state index is -0.395. The van der Waals surface area contributed by atoms with Crippen molar-refractivity contribution in [3.05, 3.63) is 52.2 Å². The Hall–Kier alpha value is -2.34. The molecule has 2 aromatic rings. The Kier molecular flexibility index (Phi) is 7.29. The van der Waals surface area contributed by atoms with E-state index in [0.29, 0.717) is 19.6 Å². The second kappa shape index (κ2) is 9.72. The zero-order valence-corrected chi connectivity index (χ0v) is 14.4. The lowest BCUT2D eigenvalue weighted by molar-refractivity contribution is -0.148. The van der Waals surface area contributed by atoms with E-state index in [1.54, 1.807) is 11.3 Å². The molecule has 5 nitrogen and oxygen atoms in total. The lowest BCUT2D eigenvalue weighted by Gasteiger charge is -2.07. The average Bonchev–Trinajstić information content (AvgIpc) is 3.10. The number of rotatable bonds is 9. The van der Waals surface area contributed by atoms with E-state index in [9.17, 15) is 9.59 Å². The number of ether oxygens (including phenoxy) is 2. The SMILES string of the molecule is Cc1ccc(OCCCC(=O)OCC(=O)NCc2cccs2)cc1. The van der Waals surface area contributed by atoms with Gasteiger partial charge in [0.2, 0.25) is 0 Å². The molecule has 1 amide bonds. The average molecular weight is 347 g/mol. The largest absolute Gasteiger partial charge is 0.494 e. The molecule has 1 aromatic carbocycles. The van der Waals surface area contributed by atoms with Crippen molar-refractivity contribution >= 4 is 23.2 Å². The number of carbonyl (C=O) groups excluding carboxylic acids is 2. The quantitative estimate of drug-likeness (QED) is 0.559. The lowest BCUT2D eigenvalue weighted by atomic mass is 10.2. The Balaban J connectivity index is 1.53. The topological polar surface area (TPSA) is 64.6 Å². The highest BCUT2D eigenvalue weighted by Gasteiger charge is 2.07. The lowest BCUT2D eigenvalue weighted by Crippen LogP contribution is -2.28. The van der Waals surface area contributed by atoms with Crippen molar-refractivity contribution in [3.8, 4) is 5.75 Å². The van der Waals surface area contributed by atoms with Crippen LogP contribution < -0.4 is 10.1 Å². The van der Waals surface area contributed by atoms with Crippen LogP contribution in [-0.4, -0.2) is 25.1 Å². The van der Waals surface area contributed by atoms with Crippen LogP contribution in [0.4, 0.5) is 0 Å². The van der Waals surface area contributed by atoms with Crippen molar-refractivity contribution in [2.24, 2.45) is 0 Å². The van der Waals surface area contributed by atoms with Crippen molar-refractivity contribution in [3.63, 3.8) is 0 Å². The van der Waals surface area contributed by atoms with Gasteiger partial charge in [-0.15, -0.1) is 11.3 Å². The van der Waals surface area contributed by atoms with Gasteiger partial charge in [0, 0.05) is 11.3 Å². The monoisotopic (exact) mass is 347 g/mol. The van der Waals surface area contributed by atoms with Crippen LogP contribution in [0.25, 0.3) is 0 Å². The van der Waals surface area contributed by atoms with Crippen LogP contribution in [0.2, 0.25) is 0 Å². The van der Waals surface area contributed by atoms with Gasteiger partial charge in [-0.25, -0.2) is 0 Å². The second-order valence-corrected chi connectivity index (χ2v) is 6.31. The van der Waals surface area contributed by atoms with E-state index in [-0.39, 0.29) is 18.9 Å². The highest BCUT2D eigenvalue weighted by Crippen LogP contribution is 2.12. The Labute approximate surface area is 145 Å². The number of esters is 1. The summed E-state index contributed by atoms with van der Waals surface area (Å²) in [6.45, 7) is 2.65. The summed E-state index contributed by atoms with van der Waals surface area (Å²) >= 11 is 1.57. The highest BCUT2D eigenvalue weighted by molar-refractivity contribution is 7.09. The molecule has 1 heterocycles. The number of benzene rings is 1. The molecule has 128 valence electrons. The van der Waals surface area contributed by atoms with E-state index in [1.807, 2.05) is 48.7 Å². The molecular formula is C18H21NO4S. The Bertz CT molecular complexity index is 638. The van der Waals surface area contributed by atoms with E-state index in [0.717, 1.165) is 10.6 Å². The highest BCUT2D eigenvalue weighted by atomic mass is 32.1. The predicted octanol–water partition coefficient (Wildman–Crippen LogP) is 3.08. The fourth-order valence-corrected chi connectivity index (χ4v) is 2.55. The van der Waals surface area contributed by atoms with Gasteiger partial charge in [0.15, 0.2) is 6.61 Å². The molecular weight excluding hydrogens is 326 g/mol. The molecule has 0 radical (unpaired) electrons. The van der Waals surface area contributed by atoms with Gasteiger partial charge in [0.25, 0.3) is 5.91 Å². The number of carbonyl (C=O) groups is 2. The fourth-order valence-electron chi connectivity index (χ4n) is 1.91. The third kappa shape index (κ3) is 6.83. The van der Waals surface area contributed by atoms with Crippen LogP contribution in [0.5, 0.6) is 5.75 Å². The normalized spacial score (nSPS) is 10.2. The molecule has 0 bridgehead atoms. The standard InChI is InChI=1S/C18H21NO4S/c1-14-6-8-15(9-7-14)22-10-2-5-18(21)23-13-17(20)19-12-16-4-3-11-24-16/h3-4,6-9,11H,2,5,10,12-13H2,1H3,(H,19,20). The minimum absolute atomic E-state index is 0.226. The number of nitrogens with one attached hydrogen (secondary N) is 1. The molecule has 6 heteroatoms. The first kappa shape index (κ1) is 18.0. The first-order valence-corrected chi connectivity index (χ1v) is 8.65. The van der Waals surface area contributed by atoms with E-state index < -0.39 is 5.97 Å². The molecule has 0 saturated carbocycles. The Morgan fingerprint density at radius 2 is 1.96 bits per heavy atom. The number of amides is 1. The van der Waals surface area contributed by atoms with Crippen molar-refractivity contribution in [2.75, 3.05) is 13.2 Å². The van der Waals surface area contributed by atoms with E-state index in [4.69, 9.17) is 9.47 Å². The molecule has 0 aliphatic rings. The summed E-state index contributed by atoms with van der Waals surface area (Å²) in [4.78, 5) is 24.2. The summed E-state index contributed by atoms with van der Waals surface area (Å²) in [5, 5.41) is 4.65. The first-order chi connectivity index (χ1) is 11.6. The number of hydrogen-bond donors (Lipinski definition) is 1. The van der Waals surface area contributed by atoms with Gasteiger partial charge in [-0.3, -0.25) is 9.59 Å². The third-order valence-electron chi connectivity index (χ3n) is 3.22. The van der Waals surface area contributed by atoms with E-state index >= 15 is 0 Å². The molecule has 0 unspecified atom stereocenters. The maximum atomic E-state index is 11.6. The fraction of sp³-hybridized carbons (Fsp3) is 0.333. The van der Waals surface area contributed by atoms with E-state index in [1.165, 1.54) is 5.56 Å². The molecule has 1 aromatic heterocycles. The summed E-state index contributed by atoms with van der Waals surface area (Å²) in [6.07, 6.45) is 0.771. The number of aryl methyl sites for hydroxylation is 1. The van der Waals surface area contributed by atoms with Gasteiger partial charge >= 0.3 is 5.97 Å². The van der Waals surface area contributed by atoms with Crippen molar-refractivity contribution in [1.82, 2.24) is 5.32 Å². The molecule has 0 saturated heterocycles. The Morgan fingerprint density at radius 1 is 1.17 bits per heavy atom. The van der Waals surface area contributed by atoms with Crippen LogP contribution in [0.1, 0.15) is 23.3 Å². The summed E-state index contributed by atoms with van der Waals surface area (Å²) in [5.41, 5.74) is 1.17. The maximum Gasteiger partial charge on any atom is 0.306 e. The van der Waals surface area contributed by atoms with Crippen LogP contribution in [0, 0.1) is 6.92 Å². The van der Waals surface area contributed by atoms with Crippen LogP contribution in [0.3, 0.4) is 0 Å². The van der Waals surface area contributed by atoms with Gasteiger partial charge in [-0.2, -0.15) is 0 Å². The van der Waals surface area contributed by atoms with E-state index in [2.05, 4.69) is 5.32 Å². The van der Waals surface area contributed by atoms with Crippen LogP contribution in [0.15, 0.2) is 41.8 Å². The molecule has 0 fully saturated rings. The maximum absolute atomic E-state index is 11.6. The summed E-state index contributed by atoms with van der Waals surface area (Å²) in [6, 6.07) is 11.6. The zero-order valence-electron chi connectivity index (χ0n) is 13.6. The van der Waals surface area contributed by atoms with Crippen molar-refractivity contribution in [1.29, 1.82) is 0 Å².